The lowest BCUT2D eigenvalue weighted by molar-refractivity contribution is 0.0126. The summed E-state index contributed by atoms with van der Waals surface area (Å²) in [6.07, 6.45) is 0.350. The predicted octanol–water partition coefficient (Wildman–Crippen LogP) is 3.75. The van der Waals surface area contributed by atoms with Crippen LogP contribution in [0.25, 0.3) is 0 Å². The maximum Gasteiger partial charge on any atom is 0.337 e. The van der Waals surface area contributed by atoms with Crippen LogP contribution in [0.2, 0.25) is 0 Å². The van der Waals surface area contributed by atoms with E-state index in [1.807, 2.05) is 32.0 Å². The van der Waals surface area contributed by atoms with E-state index in [2.05, 4.69) is 15.9 Å². The fourth-order valence-corrected chi connectivity index (χ4v) is 3.15. The molecule has 0 saturated heterocycles. The molecule has 0 spiro atoms. The smallest absolute Gasteiger partial charge is 0.337 e. The fourth-order valence-electron chi connectivity index (χ4n) is 2.75. The highest BCUT2D eigenvalue weighted by Gasteiger charge is 2.27. The minimum atomic E-state index is -1.43. The lowest BCUT2D eigenvalue weighted by Gasteiger charge is -2.27. The Labute approximate surface area is 162 Å². The van der Waals surface area contributed by atoms with Crippen molar-refractivity contribution >= 4 is 21.9 Å². The number of nitrogens with two attached hydrogens (primary N) is 1. The molecule has 0 aliphatic carbocycles. The van der Waals surface area contributed by atoms with E-state index in [0.29, 0.717) is 29.9 Å². The zero-order valence-corrected chi connectivity index (χ0v) is 16.7. The van der Waals surface area contributed by atoms with Crippen molar-refractivity contribution in [2.45, 2.75) is 26.0 Å². The van der Waals surface area contributed by atoms with Crippen LogP contribution >= 0.6 is 15.9 Å². The first-order chi connectivity index (χ1) is 12.2. The van der Waals surface area contributed by atoms with E-state index < -0.39 is 5.72 Å². The molecule has 2 aromatic rings. The topological polar surface area (TPSA) is 81.8 Å². The van der Waals surface area contributed by atoms with Crippen molar-refractivity contribution in [2.75, 3.05) is 13.7 Å². The van der Waals surface area contributed by atoms with Crippen LogP contribution in [0.5, 0.6) is 5.75 Å². The van der Waals surface area contributed by atoms with Crippen LogP contribution < -0.4 is 10.5 Å². The Hall–Kier alpha value is -1.89. The number of methoxy groups -OCH3 is 1. The molecule has 0 amide bonds. The molecule has 6 heteroatoms. The standard InChI is InChI=1S/C20H24BrNO4/c1-13(11-20(22,24)16-5-4-6-17(21)10-16)12-26-18-8-7-15(9-14(18)2)19(23)25-3/h4-10,13,24H,11-12,22H2,1-3H3. The molecule has 3 N–H and O–H groups in total. The van der Waals surface area contributed by atoms with Gasteiger partial charge in [0.05, 0.1) is 19.3 Å². The molecule has 5 nitrogen and oxygen atoms in total. The van der Waals surface area contributed by atoms with Crippen LogP contribution in [0.15, 0.2) is 46.9 Å². The second-order valence-electron chi connectivity index (χ2n) is 6.53. The van der Waals surface area contributed by atoms with E-state index in [1.165, 1.54) is 7.11 Å². The third-order valence-electron chi connectivity index (χ3n) is 4.10. The molecule has 2 unspecified atom stereocenters. The predicted molar refractivity (Wildman–Crippen MR) is 104 cm³/mol. The quantitative estimate of drug-likeness (QED) is 0.525. The molecule has 2 aromatic carbocycles. The number of carbonyl (C=O) groups excluding carboxylic acids is 1. The number of benzene rings is 2. The molecule has 0 radical (unpaired) electrons. The lowest BCUT2D eigenvalue weighted by atomic mass is 9.93. The molecule has 140 valence electrons. The van der Waals surface area contributed by atoms with Crippen molar-refractivity contribution in [3.63, 3.8) is 0 Å². The summed E-state index contributed by atoms with van der Waals surface area (Å²) in [4.78, 5) is 11.6. The molecule has 0 bridgehead atoms. The average molecular weight is 422 g/mol. The van der Waals surface area contributed by atoms with Crippen molar-refractivity contribution in [3.05, 3.63) is 63.6 Å². The fraction of sp³-hybridized carbons (Fsp3) is 0.350. The van der Waals surface area contributed by atoms with E-state index in [-0.39, 0.29) is 11.9 Å². The van der Waals surface area contributed by atoms with E-state index in [4.69, 9.17) is 15.2 Å². The van der Waals surface area contributed by atoms with Gasteiger partial charge in [-0.05, 0) is 60.7 Å². The molecule has 0 aliphatic rings. The Balaban J connectivity index is 1.98. The number of ether oxygens (including phenoxy) is 2. The van der Waals surface area contributed by atoms with Crippen LogP contribution in [0.1, 0.15) is 34.8 Å². The first-order valence-corrected chi connectivity index (χ1v) is 9.11. The molecule has 0 aliphatic heterocycles. The number of esters is 1. The molecule has 2 rings (SSSR count). The summed E-state index contributed by atoms with van der Waals surface area (Å²) >= 11 is 3.39. The van der Waals surface area contributed by atoms with Crippen LogP contribution in [0.3, 0.4) is 0 Å². The van der Waals surface area contributed by atoms with Gasteiger partial charge < -0.3 is 14.6 Å². The number of rotatable bonds is 7. The van der Waals surface area contributed by atoms with Crippen LogP contribution in [0.4, 0.5) is 0 Å². The molecule has 0 heterocycles. The van der Waals surface area contributed by atoms with Gasteiger partial charge in [0.25, 0.3) is 0 Å². The van der Waals surface area contributed by atoms with Crippen molar-refractivity contribution in [1.29, 1.82) is 0 Å². The Morgan fingerprint density at radius 1 is 1.31 bits per heavy atom. The molecule has 0 fully saturated rings. The second-order valence-corrected chi connectivity index (χ2v) is 7.44. The Morgan fingerprint density at radius 3 is 2.65 bits per heavy atom. The number of hydrogen-bond donors (Lipinski definition) is 2. The molecule has 2 atom stereocenters. The van der Waals surface area contributed by atoms with Crippen LogP contribution in [0, 0.1) is 12.8 Å². The summed E-state index contributed by atoms with van der Waals surface area (Å²) in [6, 6.07) is 12.5. The van der Waals surface area contributed by atoms with Gasteiger partial charge in [-0.1, -0.05) is 35.0 Å². The van der Waals surface area contributed by atoms with Gasteiger partial charge in [0.15, 0.2) is 0 Å². The van der Waals surface area contributed by atoms with Crippen molar-refractivity contribution < 1.29 is 19.4 Å². The summed E-state index contributed by atoms with van der Waals surface area (Å²) in [5.41, 5.74) is 6.64. The minimum absolute atomic E-state index is 0.0173. The Bertz CT molecular complexity index is 776. The summed E-state index contributed by atoms with van der Waals surface area (Å²) in [7, 11) is 1.35. The summed E-state index contributed by atoms with van der Waals surface area (Å²) in [5.74, 6) is 0.325. The molecular weight excluding hydrogens is 398 g/mol. The minimum Gasteiger partial charge on any atom is -0.493 e. The number of carbonyl (C=O) groups is 1. The van der Waals surface area contributed by atoms with Crippen molar-refractivity contribution in [2.24, 2.45) is 11.7 Å². The van der Waals surface area contributed by atoms with Gasteiger partial charge in [0, 0.05) is 4.47 Å². The number of halogens is 1. The highest BCUT2D eigenvalue weighted by Crippen LogP contribution is 2.27. The van der Waals surface area contributed by atoms with Gasteiger partial charge in [-0.2, -0.15) is 0 Å². The van der Waals surface area contributed by atoms with Gasteiger partial charge in [-0.15, -0.1) is 0 Å². The average Bonchev–Trinajstić information content (AvgIpc) is 2.59. The van der Waals surface area contributed by atoms with Gasteiger partial charge in [-0.3, -0.25) is 5.73 Å². The zero-order chi connectivity index (χ0) is 19.3. The third kappa shape index (κ3) is 5.30. The van der Waals surface area contributed by atoms with Gasteiger partial charge in [-0.25, -0.2) is 4.79 Å². The second kappa shape index (κ2) is 8.66. The third-order valence-corrected chi connectivity index (χ3v) is 4.60. The molecular formula is C20H24BrNO4. The maximum atomic E-state index is 11.6. The van der Waals surface area contributed by atoms with Crippen LogP contribution in [-0.2, 0) is 10.5 Å². The Morgan fingerprint density at radius 2 is 2.04 bits per heavy atom. The monoisotopic (exact) mass is 421 g/mol. The summed E-state index contributed by atoms with van der Waals surface area (Å²) < 4.78 is 11.4. The highest BCUT2D eigenvalue weighted by atomic mass is 79.9. The van der Waals surface area contributed by atoms with E-state index in [9.17, 15) is 9.90 Å². The van der Waals surface area contributed by atoms with Gasteiger partial charge in [0.2, 0.25) is 0 Å². The lowest BCUT2D eigenvalue weighted by Crippen LogP contribution is -2.39. The zero-order valence-electron chi connectivity index (χ0n) is 15.2. The van der Waals surface area contributed by atoms with Gasteiger partial charge >= 0.3 is 5.97 Å². The Kier molecular flexibility index (Phi) is 6.81. The summed E-state index contributed by atoms with van der Waals surface area (Å²) in [6.45, 7) is 4.23. The largest absolute Gasteiger partial charge is 0.493 e. The normalized spacial score (nSPS) is 14.4. The SMILES string of the molecule is COC(=O)c1ccc(OCC(C)CC(N)(O)c2cccc(Br)c2)c(C)c1. The highest BCUT2D eigenvalue weighted by molar-refractivity contribution is 9.10. The van der Waals surface area contributed by atoms with Gasteiger partial charge in [0.1, 0.15) is 11.5 Å². The van der Waals surface area contributed by atoms with E-state index in [1.54, 1.807) is 24.3 Å². The first kappa shape index (κ1) is 20.4. The van der Waals surface area contributed by atoms with Crippen LogP contribution in [-0.4, -0.2) is 24.8 Å². The molecule has 0 aromatic heterocycles. The van der Waals surface area contributed by atoms with Crippen molar-refractivity contribution in [3.8, 4) is 5.75 Å². The van der Waals surface area contributed by atoms with E-state index >= 15 is 0 Å². The first-order valence-electron chi connectivity index (χ1n) is 8.32. The van der Waals surface area contributed by atoms with E-state index in [0.717, 1.165) is 10.0 Å². The maximum absolute atomic E-state index is 11.6. The number of aliphatic hydroxyl groups is 1. The number of aryl methyl sites for hydroxylation is 1. The van der Waals surface area contributed by atoms with Crippen molar-refractivity contribution in [1.82, 2.24) is 0 Å². The molecule has 26 heavy (non-hydrogen) atoms. The molecule has 0 saturated carbocycles. The summed E-state index contributed by atoms with van der Waals surface area (Å²) in [5, 5.41) is 10.6. The number of hydrogen-bond acceptors (Lipinski definition) is 5.